The molecule has 0 spiro atoms. The minimum Gasteiger partial charge on any atom is -0.487 e. The van der Waals surface area contributed by atoms with Crippen LogP contribution in [0, 0.1) is 0 Å². The van der Waals surface area contributed by atoms with Crippen LogP contribution in [0.25, 0.3) is 11.0 Å². The smallest absolute Gasteiger partial charge is 0.251 e. The van der Waals surface area contributed by atoms with E-state index in [4.69, 9.17) is 14.5 Å². The first-order valence-electron chi connectivity index (χ1n) is 13.5. The molecule has 3 aromatic rings. The third-order valence-corrected chi connectivity index (χ3v) is 7.81. The van der Waals surface area contributed by atoms with Gasteiger partial charge >= 0.3 is 0 Å². The van der Waals surface area contributed by atoms with Gasteiger partial charge in [-0.1, -0.05) is 50.8 Å². The molecule has 39 heavy (non-hydrogen) atoms. The van der Waals surface area contributed by atoms with Crippen molar-refractivity contribution in [2.45, 2.75) is 72.3 Å². The number of likely N-dealkylation sites (tertiary alicyclic amines) is 1. The van der Waals surface area contributed by atoms with Crippen LogP contribution in [0.5, 0.6) is 11.5 Å². The number of hydrogen-bond donors (Lipinski definition) is 0. The van der Waals surface area contributed by atoms with Crippen LogP contribution in [0.3, 0.4) is 0 Å². The fourth-order valence-electron chi connectivity index (χ4n) is 4.41. The average molecular weight is 558 g/mol. The lowest BCUT2D eigenvalue weighted by Gasteiger charge is -2.34. The maximum absolute atomic E-state index is 13.6. The van der Waals surface area contributed by atoms with Crippen LogP contribution in [0.2, 0.25) is 0 Å². The van der Waals surface area contributed by atoms with E-state index in [2.05, 4.69) is 30.5 Å². The quantitative estimate of drug-likeness (QED) is 0.188. The van der Waals surface area contributed by atoms with E-state index in [0.717, 1.165) is 51.2 Å². The van der Waals surface area contributed by atoms with Crippen molar-refractivity contribution in [2.24, 2.45) is 4.99 Å². The molecule has 0 atom stereocenters. The molecule has 1 aliphatic heterocycles. The highest BCUT2D eigenvalue weighted by atomic mass is 32.1. The Balaban J connectivity index is 1.48. The number of nitrogens with zero attached hydrogens (tertiary/aromatic N) is 5. The van der Waals surface area contributed by atoms with E-state index in [9.17, 15) is 8.78 Å². The molecule has 0 unspecified atom stereocenters. The highest BCUT2D eigenvalue weighted by Crippen LogP contribution is 2.33. The van der Waals surface area contributed by atoms with E-state index in [1.165, 1.54) is 0 Å². The molecule has 1 fully saturated rings. The highest BCUT2D eigenvalue weighted by molar-refractivity contribution is 7.16. The number of benzene rings is 1. The van der Waals surface area contributed by atoms with Crippen molar-refractivity contribution in [1.82, 2.24) is 19.5 Å². The van der Waals surface area contributed by atoms with Crippen molar-refractivity contribution in [2.75, 3.05) is 19.7 Å². The first kappa shape index (κ1) is 28.7. The normalized spacial score (nSPS) is 16.1. The number of aromatic nitrogens is 3. The summed E-state index contributed by atoms with van der Waals surface area (Å²) >= 11 is 1.58. The highest BCUT2D eigenvalue weighted by Gasteiger charge is 2.34. The second-order valence-electron chi connectivity index (χ2n) is 9.45. The molecule has 0 saturated carbocycles. The number of allylic oxidation sites excluding steroid dienone is 1. The fraction of sp³-hybridized carbons (Fsp3) is 0.483. The molecule has 2 aromatic heterocycles. The van der Waals surface area contributed by atoms with Crippen LogP contribution >= 0.6 is 11.3 Å². The minimum absolute atomic E-state index is 0.143. The van der Waals surface area contributed by atoms with Crippen LogP contribution < -0.4 is 9.47 Å². The number of halogens is 2. The van der Waals surface area contributed by atoms with Crippen LogP contribution in [-0.2, 0) is 19.4 Å². The zero-order valence-electron chi connectivity index (χ0n) is 23.2. The Morgan fingerprint density at radius 3 is 2.46 bits per heavy atom. The molecule has 0 radical (unpaired) electrons. The molecule has 4 rings (SSSR count). The van der Waals surface area contributed by atoms with Crippen LogP contribution in [0.1, 0.15) is 68.8 Å². The van der Waals surface area contributed by atoms with Gasteiger partial charge in [-0.25, -0.2) is 23.3 Å². The first-order valence-corrected chi connectivity index (χ1v) is 14.3. The van der Waals surface area contributed by atoms with Gasteiger partial charge in [-0.2, -0.15) is 5.10 Å². The van der Waals surface area contributed by atoms with Crippen LogP contribution in [0.4, 0.5) is 8.78 Å². The molecule has 210 valence electrons. The van der Waals surface area contributed by atoms with Gasteiger partial charge < -0.3 is 14.4 Å². The summed E-state index contributed by atoms with van der Waals surface area (Å²) in [6.07, 6.45) is 7.58. The molecule has 0 N–H and O–H groups in total. The number of imidazole rings is 1. The van der Waals surface area contributed by atoms with E-state index in [0.29, 0.717) is 37.6 Å². The van der Waals surface area contributed by atoms with E-state index in [1.54, 1.807) is 21.9 Å². The van der Waals surface area contributed by atoms with Gasteiger partial charge in [0.1, 0.15) is 35.6 Å². The minimum atomic E-state index is -2.59. The lowest BCUT2D eigenvalue weighted by molar-refractivity contribution is -0.0437. The number of aryl methyl sites for hydroxylation is 2. The monoisotopic (exact) mass is 557 g/mol. The number of fused-ring (bicyclic) bond motifs is 1. The summed E-state index contributed by atoms with van der Waals surface area (Å²) in [5.41, 5.74) is 3.36. The lowest BCUT2D eigenvalue weighted by atomic mass is 10.1. The molecule has 1 saturated heterocycles. The number of hydrogen-bond acceptors (Lipinski definition) is 6. The molecule has 10 heteroatoms. The topological polar surface area (TPSA) is 64.2 Å². The molecule has 3 heterocycles. The summed E-state index contributed by atoms with van der Waals surface area (Å²) in [5.74, 6) is -0.453. The van der Waals surface area contributed by atoms with Gasteiger partial charge in [-0.05, 0) is 37.5 Å². The molecule has 0 bridgehead atoms. The van der Waals surface area contributed by atoms with Gasteiger partial charge in [0.25, 0.3) is 5.92 Å². The van der Waals surface area contributed by atoms with Gasteiger partial charge in [0.15, 0.2) is 0 Å². The third-order valence-electron chi connectivity index (χ3n) is 6.75. The summed E-state index contributed by atoms with van der Waals surface area (Å²) in [4.78, 5) is 12.2. The number of ether oxygens (including phenoxy) is 2. The predicted molar refractivity (Wildman–Crippen MR) is 153 cm³/mol. The number of aliphatic imine (C=N–C) groups is 1. The van der Waals surface area contributed by atoms with Gasteiger partial charge in [-0.15, -0.1) is 0 Å². The predicted octanol–water partition coefficient (Wildman–Crippen LogP) is 6.96. The van der Waals surface area contributed by atoms with Gasteiger partial charge in [0, 0.05) is 32.4 Å². The number of amidine groups is 1. The Kier molecular flexibility index (Phi) is 9.37. The van der Waals surface area contributed by atoms with E-state index in [-0.39, 0.29) is 19.4 Å². The van der Waals surface area contributed by atoms with Crippen LogP contribution in [-0.4, -0.2) is 51.0 Å². The Bertz CT molecular complexity index is 1320. The maximum Gasteiger partial charge on any atom is 0.251 e. The first-order chi connectivity index (χ1) is 18.8. The van der Waals surface area contributed by atoms with Gasteiger partial charge in [0.2, 0.25) is 4.96 Å². The van der Waals surface area contributed by atoms with Crippen molar-refractivity contribution >= 4 is 28.2 Å². The van der Waals surface area contributed by atoms with Crippen molar-refractivity contribution in [3.8, 4) is 11.5 Å². The van der Waals surface area contributed by atoms with E-state index < -0.39 is 5.92 Å². The zero-order valence-corrected chi connectivity index (χ0v) is 24.0. The largest absolute Gasteiger partial charge is 0.487 e. The van der Waals surface area contributed by atoms with Crippen molar-refractivity contribution in [1.29, 1.82) is 0 Å². The molecular formula is C29H37F2N5O2S. The summed E-state index contributed by atoms with van der Waals surface area (Å²) < 4.78 is 41.5. The zero-order chi connectivity index (χ0) is 28.0. The molecule has 0 aliphatic carbocycles. The number of alkyl halides is 2. The van der Waals surface area contributed by atoms with E-state index >= 15 is 0 Å². The van der Waals surface area contributed by atoms with Crippen molar-refractivity contribution in [3.63, 3.8) is 0 Å². The Labute approximate surface area is 232 Å². The Morgan fingerprint density at radius 1 is 1.15 bits per heavy atom. The van der Waals surface area contributed by atoms with E-state index in [1.807, 2.05) is 43.2 Å². The van der Waals surface area contributed by atoms with Gasteiger partial charge in [-0.3, -0.25) is 0 Å². The number of piperidine rings is 1. The maximum atomic E-state index is 13.6. The average Bonchev–Trinajstić information content (AvgIpc) is 3.50. The molecule has 7 nitrogen and oxygen atoms in total. The van der Waals surface area contributed by atoms with Crippen molar-refractivity contribution in [3.05, 3.63) is 58.5 Å². The number of rotatable bonds is 11. The molecule has 1 aromatic carbocycles. The summed E-state index contributed by atoms with van der Waals surface area (Å²) in [7, 11) is 0. The summed E-state index contributed by atoms with van der Waals surface area (Å²) in [6.45, 7) is 13.2. The second kappa shape index (κ2) is 12.7. The van der Waals surface area contributed by atoms with Gasteiger partial charge in [0.05, 0.1) is 23.2 Å². The standard InChI is InChI=1S/C29H37F2N5O2S/c1-6-20-15-24(37-18-21(7-2)32-26(9-4)35-13-11-29(30,31)12-14-35)23(8-3)25(16-20)38-19-22-17-36-28(33-22)39-27(10-5)34-36/h7-8,15-17H,3,6,9-14,18-19H2,1-2,4-5H3/b21-7-,32-26+. The SMILES string of the molecule is C=Cc1c(OCC(=C/C)/N=C(\CC)N2CCC(F)(F)CC2)cc(CC)cc1OCc1cn2nc(CC)sc2n1. The molecular weight excluding hydrogens is 520 g/mol. The third kappa shape index (κ3) is 7.03. The lowest BCUT2D eigenvalue weighted by Crippen LogP contribution is -2.42. The Morgan fingerprint density at radius 2 is 1.87 bits per heavy atom. The fourth-order valence-corrected chi connectivity index (χ4v) is 5.25. The molecule has 0 amide bonds. The van der Waals surface area contributed by atoms with Crippen molar-refractivity contribution < 1.29 is 18.3 Å². The second-order valence-corrected chi connectivity index (χ2v) is 10.5. The van der Waals surface area contributed by atoms with Crippen LogP contribution in [0.15, 0.2) is 41.7 Å². The molecule has 1 aliphatic rings. The Hall–Kier alpha value is -3.27. The summed E-state index contributed by atoms with van der Waals surface area (Å²) in [5, 5.41) is 5.57. The summed E-state index contributed by atoms with van der Waals surface area (Å²) in [6, 6.07) is 4.00.